The fraction of sp³-hybridized carbons (Fsp3) is 0.800. The molecule has 0 aromatic carbocycles. The van der Waals surface area contributed by atoms with Crippen molar-refractivity contribution in [1.82, 2.24) is 15.2 Å². The zero-order valence-corrected chi connectivity index (χ0v) is 15.2. The Morgan fingerprint density at radius 2 is 2.05 bits per heavy atom. The smallest absolute Gasteiger partial charge is 0.0959 e. The first-order chi connectivity index (χ1) is 9.33. The summed E-state index contributed by atoms with van der Waals surface area (Å²) in [6.45, 7) is 6.72. The van der Waals surface area contributed by atoms with Gasteiger partial charge in [-0.1, -0.05) is 19.3 Å². The van der Waals surface area contributed by atoms with Gasteiger partial charge in [0.25, 0.3) is 0 Å². The predicted molar refractivity (Wildman–Crippen MR) is 95.2 cm³/mol. The lowest BCUT2D eigenvalue weighted by Crippen LogP contribution is -2.49. The summed E-state index contributed by atoms with van der Waals surface area (Å²) in [6, 6.07) is 0.633. The Morgan fingerprint density at radius 3 is 2.76 bits per heavy atom. The van der Waals surface area contributed by atoms with Crippen LogP contribution in [0.25, 0.3) is 0 Å². The molecule has 21 heavy (non-hydrogen) atoms. The largest absolute Gasteiger partial charge is 0.314 e. The van der Waals surface area contributed by atoms with E-state index in [1.54, 1.807) is 0 Å². The molecule has 2 aliphatic rings. The Bertz CT molecular complexity index is 407. The monoisotopic (exact) mass is 351 g/mol. The van der Waals surface area contributed by atoms with Gasteiger partial charge >= 0.3 is 0 Å². The molecular weight excluding hydrogens is 325 g/mol. The number of hydrogen-bond donors (Lipinski definition) is 1. The van der Waals surface area contributed by atoms with Crippen LogP contribution in [0.1, 0.15) is 55.6 Å². The molecular formula is C15H27Cl2N3S. The van der Waals surface area contributed by atoms with E-state index in [0.717, 1.165) is 32.1 Å². The van der Waals surface area contributed by atoms with Crippen LogP contribution in [0.2, 0.25) is 0 Å². The van der Waals surface area contributed by atoms with Crippen molar-refractivity contribution in [3.8, 4) is 0 Å². The Kier molecular flexibility index (Phi) is 8.50. The third kappa shape index (κ3) is 5.07. The standard InChI is InChI=1S/C15H25N3S.2ClH/c1-12-9-16-7-8-18(12)10-14-11-19-15(17-14)13-5-3-2-4-6-13;;/h11-13,16H,2-10H2,1H3;2*1H/t12-;;/m0../s1. The van der Waals surface area contributed by atoms with Gasteiger partial charge in [-0.05, 0) is 19.8 Å². The Labute approximate surface area is 144 Å². The van der Waals surface area contributed by atoms with Gasteiger partial charge in [0.05, 0.1) is 10.7 Å². The van der Waals surface area contributed by atoms with Gasteiger partial charge in [0.2, 0.25) is 0 Å². The van der Waals surface area contributed by atoms with Crippen molar-refractivity contribution in [2.45, 2.75) is 57.5 Å². The zero-order chi connectivity index (χ0) is 13.1. The first kappa shape index (κ1) is 19.2. The molecule has 2 fully saturated rings. The maximum absolute atomic E-state index is 4.92. The lowest BCUT2D eigenvalue weighted by atomic mass is 9.90. The molecule has 2 heterocycles. The summed E-state index contributed by atoms with van der Waals surface area (Å²) in [6.07, 6.45) is 6.93. The number of thiazole rings is 1. The number of aromatic nitrogens is 1. The molecule has 0 radical (unpaired) electrons. The second-order valence-corrected chi connectivity index (χ2v) is 6.93. The van der Waals surface area contributed by atoms with E-state index in [2.05, 4.69) is 22.5 Å². The number of halogens is 2. The van der Waals surface area contributed by atoms with Gasteiger partial charge in [-0.15, -0.1) is 36.2 Å². The lowest BCUT2D eigenvalue weighted by Gasteiger charge is -2.33. The highest BCUT2D eigenvalue weighted by atomic mass is 35.5. The number of hydrogen-bond acceptors (Lipinski definition) is 4. The molecule has 3 nitrogen and oxygen atoms in total. The van der Waals surface area contributed by atoms with E-state index in [0.29, 0.717) is 6.04 Å². The summed E-state index contributed by atoms with van der Waals surface area (Å²) >= 11 is 1.89. The lowest BCUT2D eigenvalue weighted by molar-refractivity contribution is 0.164. The van der Waals surface area contributed by atoms with Crippen molar-refractivity contribution >= 4 is 36.2 Å². The van der Waals surface area contributed by atoms with Gasteiger partial charge in [0.15, 0.2) is 0 Å². The fourth-order valence-electron chi connectivity index (χ4n) is 3.26. The molecule has 3 rings (SSSR count). The molecule has 1 aliphatic carbocycles. The summed E-state index contributed by atoms with van der Waals surface area (Å²) in [7, 11) is 0. The first-order valence-corrected chi connectivity index (χ1v) is 8.60. The van der Waals surface area contributed by atoms with Crippen LogP contribution in [0.5, 0.6) is 0 Å². The molecule has 0 unspecified atom stereocenters. The van der Waals surface area contributed by atoms with E-state index in [9.17, 15) is 0 Å². The van der Waals surface area contributed by atoms with Gasteiger partial charge in [0.1, 0.15) is 0 Å². The van der Waals surface area contributed by atoms with Crippen LogP contribution in [0.15, 0.2) is 5.38 Å². The maximum Gasteiger partial charge on any atom is 0.0959 e. The van der Waals surface area contributed by atoms with Crippen LogP contribution >= 0.6 is 36.2 Å². The quantitative estimate of drug-likeness (QED) is 0.896. The van der Waals surface area contributed by atoms with Crippen LogP contribution in [0.3, 0.4) is 0 Å². The number of piperazine rings is 1. The normalized spacial score (nSPS) is 24.1. The van der Waals surface area contributed by atoms with Gasteiger partial charge < -0.3 is 5.32 Å². The fourth-order valence-corrected chi connectivity index (χ4v) is 4.24. The zero-order valence-electron chi connectivity index (χ0n) is 12.7. The molecule has 1 aromatic rings. The Morgan fingerprint density at radius 1 is 1.29 bits per heavy atom. The second-order valence-electron chi connectivity index (χ2n) is 6.04. The van der Waals surface area contributed by atoms with E-state index >= 15 is 0 Å². The van der Waals surface area contributed by atoms with Gasteiger partial charge in [-0.25, -0.2) is 4.98 Å². The number of nitrogens with zero attached hydrogens (tertiary/aromatic N) is 2. The highest BCUT2D eigenvalue weighted by Gasteiger charge is 2.21. The van der Waals surface area contributed by atoms with Crippen molar-refractivity contribution in [2.24, 2.45) is 0 Å². The topological polar surface area (TPSA) is 28.2 Å². The number of nitrogens with one attached hydrogen (secondary N) is 1. The summed E-state index contributed by atoms with van der Waals surface area (Å²) in [5, 5.41) is 7.14. The van der Waals surface area contributed by atoms with Crippen LogP contribution in [-0.2, 0) is 6.54 Å². The number of rotatable bonds is 3. The molecule has 6 heteroatoms. The SMILES string of the molecule is C[C@H]1CNCCN1Cc1csc(C2CCCCC2)n1.Cl.Cl. The minimum Gasteiger partial charge on any atom is -0.314 e. The van der Waals surface area contributed by atoms with Crippen molar-refractivity contribution in [3.05, 3.63) is 16.1 Å². The van der Waals surface area contributed by atoms with Crippen LogP contribution < -0.4 is 5.32 Å². The summed E-state index contributed by atoms with van der Waals surface area (Å²) < 4.78 is 0. The highest BCUT2D eigenvalue weighted by molar-refractivity contribution is 7.09. The van der Waals surface area contributed by atoms with E-state index < -0.39 is 0 Å². The molecule has 1 aliphatic heterocycles. The van der Waals surface area contributed by atoms with Crippen molar-refractivity contribution in [2.75, 3.05) is 19.6 Å². The average molecular weight is 352 g/mol. The summed E-state index contributed by atoms with van der Waals surface area (Å²) in [4.78, 5) is 7.47. The van der Waals surface area contributed by atoms with Crippen LogP contribution in [0.4, 0.5) is 0 Å². The minimum absolute atomic E-state index is 0. The third-order valence-electron chi connectivity index (χ3n) is 4.53. The van der Waals surface area contributed by atoms with Gasteiger partial charge in [0, 0.05) is 43.5 Å². The minimum atomic E-state index is 0. The second kappa shape index (κ2) is 9.31. The summed E-state index contributed by atoms with van der Waals surface area (Å²) in [5.74, 6) is 0.757. The first-order valence-electron chi connectivity index (χ1n) is 7.72. The van der Waals surface area contributed by atoms with E-state index in [1.807, 2.05) is 11.3 Å². The molecule has 0 spiro atoms. The van der Waals surface area contributed by atoms with E-state index in [4.69, 9.17) is 4.98 Å². The molecule has 1 N–H and O–H groups in total. The molecule has 0 bridgehead atoms. The van der Waals surface area contributed by atoms with E-state index in [-0.39, 0.29) is 24.8 Å². The molecule has 122 valence electrons. The highest BCUT2D eigenvalue weighted by Crippen LogP contribution is 2.34. The summed E-state index contributed by atoms with van der Waals surface area (Å²) in [5.41, 5.74) is 1.29. The molecule has 1 saturated carbocycles. The Balaban J connectivity index is 0.00000110. The van der Waals surface area contributed by atoms with Gasteiger partial charge in [-0.3, -0.25) is 4.90 Å². The Hall–Kier alpha value is 0.130. The van der Waals surface area contributed by atoms with Crippen molar-refractivity contribution in [1.29, 1.82) is 0 Å². The molecule has 0 amide bonds. The average Bonchev–Trinajstić information content (AvgIpc) is 2.91. The molecule has 1 aromatic heterocycles. The van der Waals surface area contributed by atoms with Crippen molar-refractivity contribution < 1.29 is 0 Å². The third-order valence-corrected chi connectivity index (χ3v) is 5.58. The van der Waals surface area contributed by atoms with Crippen LogP contribution in [0, 0.1) is 0 Å². The molecule has 1 atom stereocenters. The van der Waals surface area contributed by atoms with Crippen LogP contribution in [-0.4, -0.2) is 35.6 Å². The van der Waals surface area contributed by atoms with E-state index in [1.165, 1.54) is 42.8 Å². The predicted octanol–water partition coefficient (Wildman–Crippen LogP) is 3.83. The van der Waals surface area contributed by atoms with Crippen molar-refractivity contribution in [3.63, 3.8) is 0 Å². The maximum atomic E-state index is 4.92. The molecule has 1 saturated heterocycles. The van der Waals surface area contributed by atoms with Gasteiger partial charge in [-0.2, -0.15) is 0 Å².